The number of aromatic nitrogens is 4. The summed E-state index contributed by atoms with van der Waals surface area (Å²) in [6.07, 6.45) is 1.74. The van der Waals surface area contributed by atoms with Gasteiger partial charge >= 0.3 is 12.2 Å². The molecule has 0 bridgehead atoms. The van der Waals surface area contributed by atoms with Gasteiger partial charge in [-0.15, -0.1) is 0 Å². The molecule has 2 aromatic heterocycles. The van der Waals surface area contributed by atoms with Crippen molar-refractivity contribution in [2.45, 2.75) is 88.9 Å². The van der Waals surface area contributed by atoms with E-state index in [9.17, 15) is 29.4 Å². The lowest BCUT2D eigenvalue weighted by molar-refractivity contribution is -0.143. The smallest absolute Gasteiger partial charge is 0.405 e. The van der Waals surface area contributed by atoms with Crippen LogP contribution in [0.15, 0.2) is 48.8 Å². The Morgan fingerprint density at radius 3 is 1.59 bits per heavy atom. The third-order valence-electron chi connectivity index (χ3n) is 11.6. The Balaban J connectivity index is 0.971. The highest BCUT2D eigenvalue weighted by molar-refractivity contribution is 5.85. The molecule has 4 heterocycles. The number of amides is 4. The molecule has 4 aliphatic rings. The van der Waals surface area contributed by atoms with Crippen LogP contribution in [-0.4, -0.2) is 101 Å². The summed E-state index contributed by atoms with van der Waals surface area (Å²) < 4.78 is 10.4. The van der Waals surface area contributed by atoms with Crippen molar-refractivity contribution in [2.24, 2.45) is 23.3 Å². The van der Waals surface area contributed by atoms with Gasteiger partial charge in [0.1, 0.15) is 11.6 Å². The summed E-state index contributed by atoms with van der Waals surface area (Å²) >= 11 is 0. The number of aromatic amines is 2. The quantitative estimate of drug-likeness (QED) is 0.129. The van der Waals surface area contributed by atoms with Gasteiger partial charge in [0, 0.05) is 43.3 Å². The fourth-order valence-corrected chi connectivity index (χ4v) is 8.25. The summed E-state index contributed by atoms with van der Waals surface area (Å²) in [6.45, 7) is 4.33. The van der Waals surface area contributed by atoms with Crippen LogP contribution in [0.25, 0.3) is 33.6 Å². The summed E-state index contributed by atoms with van der Waals surface area (Å²) in [7, 11) is 0. The van der Waals surface area contributed by atoms with E-state index >= 15 is 0 Å². The van der Waals surface area contributed by atoms with Gasteiger partial charge in [-0.3, -0.25) is 9.59 Å². The third-order valence-corrected chi connectivity index (χ3v) is 11.6. The average Bonchev–Trinajstić information content (AvgIpc) is 3.99. The van der Waals surface area contributed by atoms with E-state index in [0.29, 0.717) is 24.5 Å². The number of H-pyrrole nitrogens is 2. The monoisotopic (exact) mass is 766 g/mol. The minimum atomic E-state index is -0.995. The molecule has 16 nitrogen and oxygen atoms in total. The second-order valence-corrected chi connectivity index (χ2v) is 15.5. The molecule has 4 fully saturated rings. The fraction of sp³-hybridized carbons (Fsp3) is 0.450. The molecule has 2 saturated carbocycles. The zero-order chi connectivity index (χ0) is 39.4. The zero-order valence-electron chi connectivity index (χ0n) is 31.2. The molecule has 2 saturated heterocycles. The minimum absolute atomic E-state index is 0.0682. The number of nitrogens with one attached hydrogen (secondary N) is 2. The van der Waals surface area contributed by atoms with Gasteiger partial charge in [-0.2, -0.15) is 0 Å². The Hall–Kier alpha value is -5.74. The topological polar surface area (TPSA) is 243 Å². The van der Waals surface area contributed by atoms with Crippen molar-refractivity contribution in [3.05, 3.63) is 71.6 Å². The normalized spacial score (nSPS) is 23.2. The Morgan fingerprint density at radius 2 is 1.11 bits per heavy atom. The maximum Gasteiger partial charge on any atom is 0.405 e. The van der Waals surface area contributed by atoms with Crippen molar-refractivity contribution < 1.29 is 38.9 Å². The molecule has 4 aromatic rings. The number of hydrogen-bond donors (Lipinski definition) is 6. The van der Waals surface area contributed by atoms with E-state index in [1.54, 1.807) is 12.4 Å². The number of likely N-dealkylation sites (tertiary alicyclic amines) is 2. The number of aliphatic hydroxyl groups is 2. The van der Waals surface area contributed by atoms with Crippen LogP contribution in [0, 0.1) is 25.7 Å². The molecule has 8 rings (SSSR count). The Kier molecular flexibility index (Phi) is 9.78. The molecule has 2 unspecified atom stereocenters. The molecule has 56 heavy (non-hydrogen) atoms. The Bertz CT molecular complexity index is 2160. The lowest BCUT2D eigenvalue weighted by atomic mass is 9.92. The summed E-state index contributed by atoms with van der Waals surface area (Å²) in [5.74, 6) is 0.197. The molecule has 8 N–H and O–H groups in total. The highest BCUT2D eigenvalue weighted by atomic mass is 16.6. The van der Waals surface area contributed by atoms with Crippen LogP contribution in [0.5, 0.6) is 0 Å². The van der Waals surface area contributed by atoms with Crippen LogP contribution in [0.1, 0.15) is 73.4 Å². The number of benzene rings is 2. The minimum Gasteiger partial charge on any atom is -0.436 e. The van der Waals surface area contributed by atoms with E-state index in [-0.39, 0.29) is 36.7 Å². The Labute approximate surface area is 322 Å². The summed E-state index contributed by atoms with van der Waals surface area (Å²) in [4.78, 5) is 69.0. The molecule has 0 radical (unpaired) electrons. The predicted molar refractivity (Wildman–Crippen MR) is 201 cm³/mol. The summed E-state index contributed by atoms with van der Waals surface area (Å²) in [5.41, 5.74) is 18.1. The molecule has 2 aliphatic heterocycles. The second-order valence-electron chi connectivity index (χ2n) is 15.5. The molecule has 6 atom stereocenters. The fourth-order valence-electron chi connectivity index (χ4n) is 8.25. The number of carbonyl (C=O) groups excluding carboxylic acids is 4. The van der Waals surface area contributed by atoms with Crippen LogP contribution >= 0.6 is 0 Å². The molecule has 2 aliphatic carbocycles. The van der Waals surface area contributed by atoms with Crippen LogP contribution in [-0.2, 0) is 19.1 Å². The number of ether oxygens (including phenoxy) is 2. The lowest BCUT2D eigenvalue weighted by Crippen LogP contribution is -2.43. The van der Waals surface area contributed by atoms with Crippen molar-refractivity contribution in [3.63, 3.8) is 0 Å². The molecule has 294 valence electrons. The lowest BCUT2D eigenvalue weighted by Gasteiger charge is -2.27. The molecular weight excluding hydrogens is 720 g/mol. The van der Waals surface area contributed by atoms with Gasteiger partial charge in [-0.25, -0.2) is 19.6 Å². The van der Waals surface area contributed by atoms with Crippen molar-refractivity contribution in [2.75, 3.05) is 13.1 Å². The average molecular weight is 767 g/mol. The van der Waals surface area contributed by atoms with Crippen molar-refractivity contribution in [1.29, 1.82) is 0 Å². The third kappa shape index (κ3) is 7.33. The zero-order valence-corrected chi connectivity index (χ0v) is 31.2. The first-order valence-corrected chi connectivity index (χ1v) is 19.1. The van der Waals surface area contributed by atoms with E-state index in [1.807, 2.05) is 37.3 Å². The number of aliphatic hydroxyl groups excluding tert-OH is 2. The first-order chi connectivity index (χ1) is 26.9. The highest BCUT2D eigenvalue weighted by Gasteiger charge is 2.47. The van der Waals surface area contributed by atoms with Gasteiger partial charge in [-0.1, -0.05) is 36.4 Å². The summed E-state index contributed by atoms with van der Waals surface area (Å²) in [5, 5.41) is 21.1. The second kappa shape index (κ2) is 14.7. The number of imidazole rings is 2. The largest absolute Gasteiger partial charge is 0.436 e. The van der Waals surface area contributed by atoms with E-state index < -0.39 is 48.7 Å². The van der Waals surface area contributed by atoms with Gasteiger partial charge in [0.25, 0.3) is 11.8 Å². The van der Waals surface area contributed by atoms with Gasteiger partial charge in [0.05, 0.1) is 48.1 Å². The van der Waals surface area contributed by atoms with Crippen LogP contribution in [0.2, 0.25) is 0 Å². The summed E-state index contributed by atoms with van der Waals surface area (Å²) in [6, 6.07) is 11.1. The SMILES string of the molecule is Cc1c(-c2ccc(-c3cnc(C4C[C@@H](O)CN4C(=O)[C@@H](OC(N)=O)C4CC4)[nH]3)cc2)ccc(-c2cnc(C3C[C@@H](O)CN3C(=O)[C@@H](OC(N)=O)C3CC3)[nH]2)c1C. The van der Waals surface area contributed by atoms with E-state index in [2.05, 4.69) is 32.9 Å². The number of β-amino-alcohol motifs (C(OH)–C–C–N with tert-alkyl or cyclic N) is 2. The van der Waals surface area contributed by atoms with Gasteiger partial charge < -0.3 is 50.9 Å². The standard InChI is InChI=1S/C40H46N8O8/c1-19-20(2)28(30-16-44-36(46-30)32-14-26(50)18-48(32)38(52)34(24-9-10-24)56-40(42)54)12-11-27(19)21-3-5-22(6-4-21)29-15-43-35(45-29)31-13-25(49)17-47(31)37(51)33(23-7-8-23)55-39(41)53/h3-6,11-12,15-16,23-26,31-34,49-50H,7-10,13-14,17-18H2,1-2H3,(H2,41,53)(H2,42,54)(H,43,45)(H,44,46)/t25-,26-,31?,32?,33+,34+/m1/s1. The van der Waals surface area contributed by atoms with Crippen LogP contribution < -0.4 is 11.5 Å². The van der Waals surface area contributed by atoms with Crippen molar-refractivity contribution in [3.8, 4) is 33.6 Å². The number of nitrogens with zero attached hydrogens (tertiary/aromatic N) is 4. The highest BCUT2D eigenvalue weighted by Crippen LogP contribution is 2.41. The molecular formula is C40H46N8O8. The maximum atomic E-state index is 13.5. The van der Waals surface area contributed by atoms with Gasteiger partial charge in [0.15, 0.2) is 12.2 Å². The molecule has 16 heteroatoms. The first-order valence-electron chi connectivity index (χ1n) is 19.1. The van der Waals surface area contributed by atoms with E-state index in [1.165, 1.54) is 9.80 Å². The van der Waals surface area contributed by atoms with Crippen molar-refractivity contribution >= 4 is 24.0 Å². The first kappa shape index (κ1) is 37.2. The van der Waals surface area contributed by atoms with Gasteiger partial charge in [-0.05, 0) is 67.3 Å². The van der Waals surface area contributed by atoms with Crippen molar-refractivity contribution in [1.82, 2.24) is 29.7 Å². The van der Waals surface area contributed by atoms with E-state index in [4.69, 9.17) is 20.9 Å². The number of carbonyl (C=O) groups is 4. The molecule has 2 aromatic carbocycles. The maximum absolute atomic E-state index is 13.5. The number of nitrogens with two attached hydrogens (primary N) is 2. The number of hydrogen-bond acceptors (Lipinski definition) is 10. The predicted octanol–water partition coefficient (Wildman–Crippen LogP) is 3.77. The Morgan fingerprint density at radius 1 is 0.679 bits per heavy atom. The number of rotatable bonds is 11. The molecule has 0 spiro atoms. The van der Waals surface area contributed by atoms with E-state index in [0.717, 1.165) is 70.5 Å². The van der Waals surface area contributed by atoms with Crippen LogP contribution in [0.3, 0.4) is 0 Å². The van der Waals surface area contributed by atoms with Crippen LogP contribution in [0.4, 0.5) is 9.59 Å². The number of primary amides is 2. The van der Waals surface area contributed by atoms with Gasteiger partial charge in [0.2, 0.25) is 0 Å². The molecule has 4 amide bonds.